The minimum atomic E-state index is -0.629. The normalized spacial score (nSPS) is 20.4. The molecule has 1 N–H and O–H groups in total. The second-order valence-corrected chi connectivity index (χ2v) is 6.15. The number of carbonyl (C=O) groups excluding carboxylic acids is 3. The number of hydrogen-bond donors (Lipinski definition) is 1. The van der Waals surface area contributed by atoms with E-state index in [1.54, 1.807) is 27.7 Å². The quantitative estimate of drug-likeness (QED) is 0.779. The number of amides is 2. The predicted octanol–water partition coefficient (Wildman–Crippen LogP) is 0.844. The summed E-state index contributed by atoms with van der Waals surface area (Å²) >= 11 is 0. The van der Waals surface area contributed by atoms with Crippen molar-refractivity contribution in [1.29, 1.82) is 0 Å². The van der Waals surface area contributed by atoms with E-state index < -0.39 is 17.7 Å². The number of rotatable bonds is 3. The summed E-state index contributed by atoms with van der Waals surface area (Å²) in [7, 11) is 0. The molecule has 0 radical (unpaired) electrons. The Bertz CT molecular complexity index is 400. The minimum absolute atomic E-state index is 0.242. The minimum Gasteiger partial charge on any atom is -0.458 e. The molecule has 0 bridgehead atoms. The SMILES string of the molecule is CC(=O)N[C@@H](C)C(=O)N1CCC[C@H]1C(=O)OC(C)(C)C. The molecule has 0 aromatic rings. The summed E-state index contributed by atoms with van der Waals surface area (Å²) in [6, 6.07) is -1.17. The first-order valence-electron chi connectivity index (χ1n) is 6.92. The zero-order valence-electron chi connectivity index (χ0n) is 12.9. The fraction of sp³-hybridized carbons (Fsp3) is 0.786. The summed E-state index contributed by atoms with van der Waals surface area (Å²) in [5.74, 6) is -0.884. The fourth-order valence-corrected chi connectivity index (χ4v) is 2.26. The van der Waals surface area contributed by atoms with Crippen LogP contribution in [0.3, 0.4) is 0 Å². The standard InChI is InChI=1S/C14H24N2O4/c1-9(15-10(2)17)12(18)16-8-6-7-11(16)13(19)20-14(3,4)5/h9,11H,6-8H2,1-5H3,(H,15,17)/t9-,11-/m0/s1. The van der Waals surface area contributed by atoms with Crippen molar-refractivity contribution < 1.29 is 19.1 Å². The highest BCUT2D eigenvalue weighted by Crippen LogP contribution is 2.21. The Hall–Kier alpha value is -1.59. The molecular weight excluding hydrogens is 260 g/mol. The lowest BCUT2D eigenvalue weighted by molar-refractivity contribution is -0.163. The number of hydrogen-bond acceptors (Lipinski definition) is 4. The van der Waals surface area contributed by atoms with Crippen LogP contribution < -0.4 is 5.32 Å². The van der Waals surface area contributed by atoms with Gasteiger partial charge in [0.2, 0.25) is 11.8 Å². The smallest absolute Gasteiger partial charge is 0.329 e. The molecular formula is C14H24N2O4. The molecule has 0 aromatic carbocycles. The lowest BCUT2D eigenvalue weighted by atomic mass is 10.1. The van der Waals surface area contributed by atoms with E-state index in [0.717, 1.165) is 6.42 Å². The molecule has 114 valence electrons. The summed E-state index contributed by atoms with van der Waals surface area (Å²) in [6.07, 6.45) is 1.37. The largest absolute Gasteiger partial charge is 0.458 e. The third kappa shape index (κ3) is 4.51. The van der Waals surface area contributed by atoms with Crippen molar-refractivity contribution in [2.24, 2.45) is 0 Å². The van der Waals surface area contributed by atoms with Gasteiger partial charge in [-0.3, -0.25) is 9.59 Å². The van der Waals surface area contributed by atoms with Crippen LogP contribution in [-0.2, 0) is 19.1 Å². The predicted molar refractivity (Wildman–Crippen MR) is 73.9 cm³/mol. The first-order valence-corrected chi connectivity index (χ1v) is 6.92. The molecule has 0 spiro atoms. The molecule has 1 rings (SSSR count). The van der Waals surface area contributed by atoms with Gasteiger partial charge in [-0.1, -0.05) is 0 Å². The van der Waals surface area contributed by atoms with Crippen LogP contribution >= 0.6 is 0 Å². The number of likely N-dealkylation sites (tertiary alicyclic amines) is 1. The van der Waals surface area contributed by atoms with Gasteiger partial charge in [-0.2, -0.15) is 0 Å². The van der Waals surface area contributed by atoms with Crippen molar-refractivity contribution in [3.8, 4) is 0 Å². The zero-order valence-corrected chi connectivity index (χ0v) is 12.9. The van der Waals surface area contributed by atoms with E-state index >= 15 is 0 Å². The molecule has 1 aliphatic heterocycles. The van der Waals surface area contributed by atoms with Crippen molar-refractivity contribution in [1.82, 2.24) is 10.2 Å². The second kappa shape index (κ2) is 6.24. The molecule has 0 aromatic heterocycles. The Labute approximate surface area is 119 Å². The average molecular weight is 284 g/mol. The highest BCUT2D eigenvalue weighted by molar-refractivity contribution is 5.90. The molecule has 0 saturated carbocycles. The average Bonchev–Trinajstić information content (AvgIpc) is 2.73. The van der Waals surface area contributed by atoms with E-state index in [2.05, 4.69) is 5.32 Å². The number of nitrogens with one attached hydrogen (secondary N) is 1. The molecule has 1 saturated heterocycles. The number of nitrogens with zero attached hydrogens (tertiary/aromatic N) is 1. The Morgan fingerprint density at radius 1 is 1.30 bits per heavy atom. The molecule has 0 aliphatic carbocycles. The van der Waals surface area contributed by atoms with E-state index in [-0.39, 0.29) is 17.8 Å². The molecule has 1 fully saturated rings. The molecule has 6 heteroatoms. The second-order valence-electron chi connectivity index (χ2n) is 6.15. The maximum Gasteiger partial charge on any atom is 0.329 e. The number of esters is 1. The van der Waals surface area contributed by atoms with Gasteiger partial charge in [0.1, 0.15) is 17.7 Å². The Kier molecular flexibility index (Phi) is 5.14. The number of ether oxygens (including phenoxy) is 1. The summed E-state index contributed by atoms with van der Waals surface area (Å²) < 4.78 is 5.34. The fourth-order valence-electron chi connectivity index (χ4n) is 2.26. The van der Waals surface area contributed by atoms with E-state index in [9.17, 15) is 14.4 Å². The summed E-state index contributed by atoms with van der Waals surface area (Å²) in [5.41, 5.74) is -0.572. The third-order valence-corrected chi connectivity index (χ3v) is 3.00. The van der Waals surface area contributed by atoms with Gasteiger partial charge in [0.15, 0.2) is 0 Å². The molecule has 0 unspecified atom stereocenters. The monoisotopic (exact) mass is 284 g/mol. The number of carbonyl (C=O) groups is 3. The lowest BCUT2D eigenvalue weighted by Crippen LogP contribution is -2.51. The Morgan fingerprint density at radius 2 is 1.90 bits per heavy atom. The summed E-state index contributed by atoms with van der Waals surface area (Å²) in [4.78, 5) is 36.9. The van der Waals surface area contributed by atoms with Gasteiger partial charge in [-0.25, -0.2) is 4.79 Å². The highest BCUT2D eigenvalue weighted by Gasteiger charge is 2.38. The van der Waals surface area contributed by atoms with Crippen molar-refractivity contribution in [3.63, 3.8) is 0 Å². The van der Waals surface area contributed by atoms with Crippen molar-refractivity contribution >= 4 is 17.8 Å². The lowest BCUT2D eigenvalue weighted by Gasteiger charge is -2.29. The van der Waals surface area contributed by atoms with Gasteiger partial charge < -0.3 is 15.0 Å². The van der Waals surface area contributed by atoms with Gasteiger partial charge in [-0.05, 0) is 40.5 Å². The Morgan fingerprint density at radius 3 is 2.40 bits per heavy atom. The van der Waals surface area contributed by atoms with E-state index in [1.807, 2.05) is 0 Å². The third-order valence-electron chi connectivity index (χ3n) is 3.00. The van der Waals surface area contributed by atoms with Gasteiger partial charge in [-0.15, -0.1) is 0 Å². The van der Waals surface area contributed by atoms with Gasteiger partial charge in [0.05, 0.1) is 0 Å². The van der Waals surface area contributed by atoms with Crippen LogP contribution in [0.2, 0.25) is 0 Å². The molecule has 6 nitrogen and oxygen atoms in total. The maximum absolute atomic E-state index is 12.3. The maximum atomic E-state index is 12.3. The first-order chi connectivity index (χ1) is 9.11. The highest BCUT2D eigenvalue weighted by atomic mass is 16.6. The molecule has 1 heterocycles. The summed E-state index contributed by atoms with van der Waals surface area (Å²) in [5, 5.41) is 2.54. The van der Waals surface area contributed by atoms with Crippen LogP contribution in [0, 0.1) is 0 Å². The van der Waals surface area contributed by atoms with Crippen LogP contribution in [-0.4, -0.2) is 46.9 Å². The van der Waals surface area contributed by atoms with E-state index in [1.165, 1.54) is 11.8 Å². The van der Waals surface area contributed by atoms with E-state index in [4.69, 9.17) is 4.74 Å². The van der Waals surface area contributed by atoms with Crippen molar-refractivity contribution in [3.05, 3.63) is 0 Å². The van der Waals surface area contributed by atoms with Crippen molar-refractivity contribution in [2.75, 3.05) is 6.54 Å². The van der Waals surface area contributed by atoms with Crippen LogP contribution in [0.4, 0.5) is 0 Å². The van der Waals surface area contributed by atoms with Gasteiger partial charge >= 0.3 is 5.97 Å². The zero-order chi connectivity index (χ0) is 15.5. The van der Waals surface area contributed by atoms with Crippen LogP contribution in [0.1, 0.15) is 47.5 Å². The van der Waals surface area contributed by atoms with Gasteiger partial charge in [0, 0.05) is 13.5 Å². The molecule has 1 aliphatic rings. The molecule has 20 heavy (non-hydrogen) atoms. The van der Waals surface area contributed by atoms with Crippen molar-refractivity contribution in [2.45, 2.75) is 65.1 Å². The summed E-state index contributed by atoms with van der Waals surface area (Å²) in [6.45, 7) is 8.89. The van der Waals surface area contributed by atoms with Crippen LogP contribution in [0.25, 0.3) is 0 Å². The van der Waals surface area contributed by atoms with Crippen LogP contribution in [0.5, 0.6) is 0 Å². The molecule has 2 atom stereocenters. The van der Waals surface area contributed by atoms with Crippen LogP contribution in [0.15, 0.2) is 0 Å². The Balaban J connectivity index is 2.71. The van der Waals surface area contributed by atoms with Gasteiger partial charge in [0.25, 0.3) is 0 Å². The molecule has 2 amide bonds. The first kappa shape index (κ1) is 16.5. The van der Waals surface area contributed by atoms with E-state index in [0.29, 0.717) is 13.0 Å². The topological polar surface area (TPSA) is 75.7 Å².